The summed E-state index contributed by atoms with van der Waals surface area (Å²) < 4.78 is 28.9. The first kappa shape index (κ1) is 38.3. The van der Waals surface area contributed by atoms with Crippen molar-refractivity contribution in [1.29, 1.82) is 15.8 Å². The summed E-state index contributed by atoms with van der Waals surface area (Å²) in [5.41, 5.74) is 0. The van der Waals surface area contributed by atoms with Crippen LogP contribution >= 0.6 is 31.9 Å². The van der Waals surface area contributed by atoms with Gasteiger partial charge in [-0.25, -0.2) is 0 Å². The van der Waals surface area contributed by atoms with Gasteiger partial charge in [0, 0.05) is 0 Å². The number of benzene rings is 6. The molecule has 0 N–H and O–H groups in total. The minimum atomic E-state index is -5.00. The van der Waals surface area contributed by atoms with Gasteiger partial charge >= 0.3 is 328 Å². The molecule has 56 heavy (non-hydrogen) atoms. The number of rotatable bonds is 12. The normalized spacial score (nSPS) is 18.4. The van der Waals surface area contributed by atoms with Crippen molar-refractivity contribution in [2.24, 2.45) is 4.52 Å². The van der Waals surface area contributed by atoms with Gasteiger partial charge in [-0.3, -0.25) is 0 Å². The number of para-hydroxylation sites is 6. The van der Waals surface area contributed by atoms with Crippen LogP contribution in [-0.4, -0.2) is 13.8 Å². The summed E-state index contributed by atoms with van der Waals surface area (Å²) in [7, 11) is -14.6. The molecular weight excluding hydrogens is 786 g/mol. The van der Waals surface area contributed by atoms with E-state index in [4.69, 9.17) is 32.6 Å². The van der Waals surface area contributed by atoms with E-state index in [-0.39, 0.29) is 17.2 Å². The second kappa shape index (κ2) is 18.1. The van der Waals surface area contributed by atoms with E-state index < -0.39 is 31.9 Å². The van der Waals surface area contributed by atoms with E-state index in [0.29, 0.717) is 17.2 Å². The Labute approximate surface area is 327 Å². The molecular formula is C39H31N7O6P4. The third-order valence-electron chi connectivity index (χ3n) is 7.52. The monoisotopic (exact) mass is 817 g/mol. The molecule has 17 heteroatoms. The van der Waals surface area contributed by atoms with Gasteiger partial charge in [-0.15, -0.1) is 0 Å². The van der Waals surface area contributed by atoms with Gasteiger partial charge < -0.3 is 0 Å². The predicted octanol–water partition coefficient (Wildman–Crippen LogP) is 11.6. The molecule has 7 rings (SSSR count). The molecule has 0 aromatic heterocycles. The molecule has 0 bridgehead atoms. The molecule has 1 aliphatic rings. The van der Waals surface area contributed by atoms with Crippen molar-refractivity contribution in [1.82, 2.24) is 13.8 Å². The zero-order valence-electron chi connectivity index (χ0n) is 29.2. The third-order valence-corrected chi connectivity index (χ3v) is 18.2. The first-order valence-electron chi connectivity index (χ1n) is 16.8. The molecule has 0 amide bonds. The van der Waals surface area contributed by atoms with E-state index in [9.17, 15) is 15.8 Å². The zero-order valence-corrected chi connectivity index (χ0v) is 32.9. The molecule has 1 aliphatic heterocycles. The van der Waals surface area contributed by atoms with Gasteiger partial charge in [0.1, 0.15) is 0 Å². The maximum absolute atomic E-state index is 11.8. The number of nitrogens with zero attached hydrogens (tertiary/aromatic N) is 7. The van der Waals surface area contributed by atoms with Crippen molar-refractivity contribution in [3.8, 4) is 51.9 Å². The van der Waals surface area contributed by atoms with Crippen molar-refractivity contribution in [2.45, 2.75) is 0 Å². The van der Waals surface area contributed by atoms with E-state index in [1.165, 1.54) is 9.21 Å². The van der Waals surface area contributed by atoms with Crippen LogP contribution in [0.1, 0.15) is 0 Å². The molecule has 0 aliphatic carbocycles. The van der Waals surface area contributed by atoms with Gasteiger partial charge in [0.15, 0.2) is 0 Å². The summed E-state index contributed by atoms with van der Waals surface area (Å²) in [5.74, 6) is 8.39. The van der Waals surface area contributed by atoms with Crippen molar-refractivity contribution in [2.75, 3.05) is 0 Å². The summed E-state index contributed by atoms with van der Waals surface area (Å²) in [6.45, 7) is 0. The van der Waals surface area contributed by atoms with E-state index >= 15 is 0 Å². The quantitative estimate of drug-likeness (QED) is 0.108. The summed E-state index contributed by atoms with van der Waals surface area (Å²) in [6.07, 6.45) is 0. The van der Waals surface area contributed by atoms with Gasteiger partial charge in [-0.2, -0.15) is 0 Å². The average Bonchev–Trinajstić information content (AvgIpc) is 3.26. The molecule has 13 nitrogen and oxygen atoms in total. The van der Waals surface area contributed by atoms with Gasteiger partial charge in [0.05, 0.1) is 0 Å². The van der Waals surface area contributed by atoms with Crippen LogP contribution < -0.4 is 28.1 Å². The molecule has 1 heterocycles. The Kier molecular flexibility index (Phi) is 12.4. The topological polar surface area (TPSA) is 149 Å². The van der Waals surface area contributed by atoms with Crippen LogP contribution in [-0.2, 0) is 0 Å². The molecule has 2 unspecified atom stereocenters. The van der Waals surface area contributed by atoms with Gasteiger partial charge in [0.2, 0.25) is 0 Å². The van der Waals surface area contributed by atoms with Crippen molar-refractivity contribution in [3.63, 3.8) is 0 Å². The third kappa shape index (κ3) is 8.60. The zero-order chi connectivity index (χ0) is 38.6. The Balaban J connectivity index is 1.59. The molecule has 0 saturated carbocycles. The second-order valence-electron chi connectivity index (χ2n) is 11.4. The number of hydrogen-bond acceptors (Lipinski definition) is 13. The molecule has 0 spiro atoms. The fraction of sp³-hybridized carbons (Fsp3) is 0. The van der Waals surface area contributed by atoms with E-state index in [1.54, 1.807) is 158 Å². The minimum absolute atomic E-state index is 0.195. The van der Waals surface area contributed by atoms with Gasteiger partial charge in [0.25, 0.3) is 0 Å². The van der Waals surface area contributed by atoms with Crippen molar-refractivity contribution < 1.29 is 28.1 Å². The molecule has 278 valence electrons. The fourth-order valence-corrected chi connectivity index (χ4v) is 16.4. The van der Waals surface area contributed by atoms with Crippen molar-refractivity contribution in [3.05, 3.63) is 182 Å². The Bertz CT molecular complexity index is 2360. The summed E-state index contributed by atoms with van der Waals surface area (Å²) in [6, 6.07) is 52.1. The number of hydrogen-bond donors (Lipinski definition) is 0. The van der Waals surface area contributed by atoms with Crippen LogP contribution in [0.4, 0.5) is 0 Å². The Hall–Kier alpha value is -6.01. The van der Waals surface area contributed by atoms with Crippen LogP contribution in [0, 0.1) is 33.2 Å². The van der Waals surface area contributed by atoms with Crippen LogP contribution in [0.25, 0.3) is 0 Å². The summed E-state index contributed by atoms with van der Waals surface area (Å²) in [5, 5.41) is 34.3. The Morgan fingerprint density at radius 2 is 0.875 bits per heavy atom. The van der Waals surface area contributed by atoms with Crippen LogP contribution in [0.2, 0.25) is 0 Å². The molecule has 6 aromatic rings. The molecule has 0 fully saturated rings. The average molecular weight is 818 g/mol. The van der Waals surface area contributed by atoms with Gasteiger partial charge in [-0.1, -0.05) is 0 Å². The van der Waals surface area contributed by atoms with E-state index in [1.807, 2.05) is 24.3 Å². The molecule has 2 atom stereocenters. The molecule has 0 saturated heterocycles. The van der Waals surface area contributed by atoms with Crippen LogP contribution in [0.15, 0.2) is 187 Å². The van der Waals surface area contributed by atoms with E-state index in [2.05, 4.69) is 17.4 Å². The maximum atomic E-state index is 11.8. The first-order chi connectivity index (χ1) is 27.6. The second-order valence-corrected chi connectivity index (χ2v) is 20.0. The Morgan fingerprint density at radius 3 is 1.32 bits per heavy atom. The fourth-order valence-electron chi connectivity index (χ4n) is 4.99. The molecule has 0 radical (unpaired) electrons. The standard InChI is InChI=1S/C39H31N7O6P4/c40-31-55(32-41)43-53(50-37-25-13-4-14-26-37)44(47-34-19-7-1-8-20-34)54(51-38-27-15-5-16-28-38)45(48-35-21-9-2-10-22-35)56(33-42,52-39-29-17-6-18-30-39)46(55)49-36-23-11-3-12-24-36/h1-30,56H. The predicted molar refractivity (Wildman–Crippen MR) is 216 cm³/mol. The van der Waals surface area contributed by atoms with Gasteiger partial charge in [-0.05, 0) is 0 Å². The summed E-state index contributed by atoms with van der Waals surface area (Å²) >= 11 is 0. The Morgan fingerprint density at radius 1 is 0.482 bits per heavy atom. The summed E-state index contributed by atoms with van der Waals surface area (Å²) in [4.78, 5) is 20.0. The van der Waals surface area contributed by atoms with Crippen LogP contribution in [0.3, 0.4) is 0 Å². The first-order valence-corrected chi connectivity index (χ1v) is 22.6. The SMILES string of the molecule is N#CP1(C#N)=NP(Oc2ccccc2)N(Oc2ccccc2)P(Oc2ccccc2)N(Oc2ccccc2)[PH](C#N)(Oc2ccccc2)N1Oc1ccccc1. The van der Waals surface area contributed by atoms with Crippen molar-refractivity contribution >= 4 is 31.9 Å². The van der Waals surface area contributed by atoms with E-state index in [0.717, 1.165) is 4.60 Å². The van der Waals surface area contributed by atoms with Crippen LogP contribution in [0.5, 0.6) is 34.5 Å². The number of nitriles is 3. The molecule has 6 aromatic carbocycles.